The number of rotatable bonds is 3. The molecule has 2 heterocycles. The van der Waals surface area contributed by atoms with Gasteiger partial charge in [-0.2, -0.15) is 0 Å². The van der Waals surface area contributed by atoms with Gasteiger partial charge in [-0.3, -0.25) is 4.79 Å². The van der Waals surface area contributed by atoms with Gasteiger partial charge < -0.3 is 15.1 Å². The quantitative estimate of drug-likeness (QED) is 0.872. The molecule has 5 heteroatoms. The molecule has 1 aliphatic rings. The Morgan fingerprint density at radius 2 is 2.06 bits per heavy atom. The van der Waals surface area contributed by atoms with E-state index in [9.17, 15) is 4.79 Å². The fraction of sp³-hybridized carbons (Fsp3) is 0.538. The molecule has 0 spiro atoms. The molecule has 1 fully saturated rings. The lowest BCUT2D eigenvalue weighted by atomic mass is 10.3. The summed E-state index contributed by atoms with van der Waals surface area (Å²) in [7, 11) is 0. The van der Waals surface area contributed by atoms with Gasteiger partial charge in [-0.15, -0.1) is 0 Å². The lowest BCUT2D eigenvalue weighted by Gasteiger charge is -2.35. The molecule has 0 unspecified atom stereocenters. The van der Waals surface area contributed by atoms with Crippen molar-refractivity contribution in [2.24, 2.45) is 0 Å². The lowest BCUT2D eigenvalue weighted by molar-refractivity contribution is -0.129. The van der Waals surface area contributed by atoms with Crippen molar-refractivity contribution in [1.29, 1.82) is 0 Å². The molecule has 5 nitrogen and oxygen atoms in total. The van der Waals surface area contributed by atoms with Crippen LogP contribution in [0.1, 0.15) is 13.8 Å². The number of hydrogen-bond acceptors (Lipinski definition) is 4. The smallest absolute Gasteiger partial charge is 0.219 e. The second-order valence-corrected chi connectivity index (χ2v) is 4.40. The summed E-state index contributed by atoms with van der Waals surface area (Å²) >= 11 is 0. The fourth-order valence-corrected chi connectivity index (χ4v) is 2.13. The number of nitrogens with zero attached hydrogens (tertiary/aromatic N) is 3. The Hall–Kier alpha value is -1.78. The van der Waals surface area contributed by atoms with E-state index < -0.39 is 0 Å². The van der Waals surface area contributed by atoms with Gasteiger partial charge in [-0.05, 0) is 19.1 Å². The zero-order valence-electron chi connectivity index (χ0n) is 11.0. The highest BCUT2D eigenvalue weighted by Crippen LogP contribution is 2.16. The van der Waals surface area contributed by atoms with Crippen molar-refractivity contribution in [3.8, 4) is 0 Å². The predicted octanol–water partition coefficient (Wildman–Crippen LogP) is 1.18. The summed E-state index contributed by atoms with van der Waals surface area (Å²) in [5.41, 5.74) is 0. The van der Waals surface area contributed by atoms with Gasteiger partial charge >= 0.3 is 0 Å². The number of aromatic nitrogens is 1. The number of piperazine rings is 1. The van der Waals surface area contributed by atoms with Gasteiger partial charge in [0.2, 0.25) is 5.91 Å². The Bertz CT molecular complexity index is 413. The summed E-state index contributed by atoms with van der Waals surface area (Å²) in [4.78, 5) is 19.9. The maximum absolute atomic E-state index is 11.3. The number of nitrogens with one attached hydrogen (secondary N) is 1. The van der Waals surface area contributed by atoms with E-state index in [1.165, 1.54) is 0 Å². The molecule has 1 aromatic heterocycles. The monoisotopic (exact) mass is 248 g/mol. The first-order chi connectivity index (χ1) is 8.70. The average Bonchev–Trinajstić information content (AvgIpc) is 2.39. The summed E-state index contributed by atoms with van der Waals surface area (Å²) in [5.74, 6) is 2.05. The van der Waals surface area contributed by atoms with Crippen molar-refractivity contribution in [2.45, 2.75) is 13.8 Å². The maximum Gasteiger partial charge on any atom is 0.219 e. The molecule has 0 radical (unpaired) electrons. The van der Waals surface area contributed by atoms with Gasteiger partial charge in [-0.25, -0.2) is 4.98 Å². The minimum Gasteiger partial charge on any atom is -0.370 e. The van der Waals surface area contributed by atoms with E-state index in [0.29, 0.717) is 0 Å². The molecule has 0 atom stereocenters. The molecule has 98 valence electrons. The molecular formula is C13H20N4O. The molecule has 1 aromatic rings. The van der Waals surface area contributed by atoms with Crippen molar-refractivity contribution < 1.29 is 4.79 Å². The molecule has 1 saturated heterocycles. The Kier molecular flexibility index (Phi) is 4.02. The van der Waals surface area contributed by atoms with Gasteiger partial charge in [0.05, 0.1) is 0 Å². The largest absolute Gasteiger partial charge is 0.370 e. The Morgan fingerprint density at radius 1 is 1.33 bits per heavy atom. The lowest BCUT2D eigenvalue weighted by Crippen LogP contribution is -2.48. The zero-order valence-corrected chi connectivity index (χ0v) is 11.0. The third-order valence-corrected chi connectivity index (χ3v) is 3.14. The number of carbonyl (C=O) groups is 1. The Balaban J connectivity index is 2.00. The van der Waals surface area contributed by atoms with Crippen LogP contribution in [0.3, 0.4) is 0 Å². The highest BCUT2D eigenvalue weighted by Gasteiger charge is 2.19. The minimum absolute atomic E-state index is 0.156. The van der Waals surface area contributed by atoms with E-state index in [0.717, 1.165) is 44.4 Å². The van der Waals surface area contributed by atoms with Crippen LogP contribution in [0.5, 0.6) is 0 Å². The third-order valence-electron chi connectivity index (χ3n) is 3.14. The highest BCUT2D eigenvalue weighted by atomic mass is 16.2. The molecule has 0 bridgehead atoms. The first kappa shape index (κ1) is 12.7. The second-order valence-electron chi connectivity index (χ2n) is 4.40. The van der Waals surface area contributed by atoms with Gasteiger partial charge in [0.15, 0.2) is 0 Å². The summed E-state index contributed by atoms with van der Waals surface area (Å²) in [6, 6.07) is 6.00. The van der Waals surface area contributed by atoms with Crippen molar-refractivity contribution >= 4 is 17.5 Å². The van der Waals surface area contributed by atoms with Crippen LogP contribution < -0.4 is 10.2 Å². The highest BCUT2D eigenvalue weighted by molar-refractivity contribution is 5.73. The Labute approximate surface area is 108 Å². The predicted molar refractivity (Wildman–Crippen MR) is 72.9 cm³/mol. The molecule has 18 heavy (non-hydrogen) atoms. The molecule has 0 aromatic carbocycles. The standard InChI is InChI=1S/C13H20N4O/c1-3-14-12-5-4-6-13(15-12)17-9-7-16(8-10-17)11(2)18/h4-6H,3,7-10H2,1-2H3,(H,14,15). The van der Waals surface area contributed by atoms with Gasteiger partial charge in [0, 0.05) is 39.6 Å². The van der Waals surface area contributed by atoms with Crippen LogP contribution in [-0.2, 0) is 4.79 Å². The molecule has 1 aliphatic heterocycles. The first-order valence-electron chi connectivity index (χ1n) is 6.42. The number of amides is 1. The van der Waals surface area contributed by atoms with Crippen molar-refractivity contribution in [1.82, 2.24) is 9.88 Å². The molecular weight excluding hydrogens is 228 g/mol. The van der Waals surface area contributed by atoms with Crippen LogP contribution in [0.25, 0.3) is 0 Å². The molecule has 0 saturated carbocycles. The molecule has 1 N–H and O–H groups in total. The first-order valence-corrected chi connectivity index (χ1v) is 6.42. The molecule has 2 rings (SSSR count). The summed E-state index contributed by atoms with van der Waals surface area (Å²) < 4.78 is 0. The summed E-state index contributed by atoms with van der Waals surface area (Å²) in [6.07, 6.45) is 0. The van der Waals surface area contributed by atoms with Crippen LogP contribution in [0.2, 0.25) is 0 Å². The van der Waals surface area contributed by atoms with E-state index >= 15 is 0 Å². The van der Waals surface area contributed by atoms with Crippen LogP contribution in [0.15, 0.2) is 18.2 Å². The number of pyridine rings is 1. The van der Waals surface area contributed by atoms with Crippen molar-refractivity contribution in [3.05, 3.63) is 18.2 Å². The number of anilines is 2. The minimum atomic E-state index is 0.156. The van der Waals surface area contributed by atoms with Gasteiger partial charge in [0.1, 0.15) is 11.6 Å². The Morgan fingerprint density at radius 3 is 2.67 bits per heavy atom. The van der Waals surface area contributed by atoms with Crippen molar-refractivity contribution in [2.75, 3.05) is 42.9 Å². The summed E-state index contributed by atoms with van der Waals surface area (Å²) in [5, 5.41) is 3.21. The fourth-order valence-electron chi connectivity index (χ4n) is 2.13. The van der Waals surface area contributed by atoms with Gasteiger partial charge in [-0.1, -0.05) is 6.07 Å². The van der Waals surface area contributed by atoms with E-state index in [4.69, 9.17) is 0 Å². The van der Waals surface area contributed by atoms with E-state index in [1.807, 2.05) is 23.1 Å². The van der Waals surface area contributed by atoms with E-state index in [2.05, 4.69) is 22.1 Å². The van der Waals surface area contributed by atoms with E-state index in [-0.39, 0.29) is 5.91 Å². The van der Waals surface area contributed by atoms with Crippen LogP contribution in [0.4, 0.5) is 11.6 Å². The average molecular weight is 248 g/mol. The van der Waals surface area contributed by atoms with Crippen LogP contribution >= 0.6 is 0 Å². The van der Waals surface area contributed by atoms with Gasteiger partial charge in [0.25, 0.3) is 0 Å². The number of carbonyl (C=O) groups excluding carboxylic acids is 1. The molecule has 0 aliphatic carbocycles. The number of hydrogen-bond donors (Lipinski definition) is 1. The van der Waals surface area contributed by atoms with Crippen LogP contribution in [0, 0.1) is 0 Å². The van der Waals surface area contributed by atoms with Crippen molar-refractivity contribution in [3.63, 3.8) is 0 Å². The van der Waals surface area contributed by atoms with Crippen LogP contribution in [-0.4, -0.2) is 48.5 Å². The summed E-state index contributed by atoms with van der Waals surface area (Å²) in [6.45, 7) is 7.81. The molecule has 1 amide bonds. The topological polar surface area (TPSA) is 48.5 Å². The zero-order chi connectivity index (χ0) is 13.0. The third kappa shape index (κ3) is 2.91. The maximum atomic E-state index is 11.3. The SMILES string of the molecule is CCNc1cccc(N2CCN(C(C)=O)CC2)n1. The van der Waals surface area contributed by atoms with E-state index in [1.54, 1.807) is 6.92 Å². The normalized spacial score (nSPS) is 15.7. The second kappa shape index (κ2) is 5.71.